The number of ketones is 1. The number of rotatable bonds is 2. The van der Waals surface area contributed by atoms with E-state index in [4.69, 9.17) is 9.47 Å². The molecule has 0 aromatic rings. The van der Waals surface area contributed by atoms with E-state index >= 15 is 4.79 Å². The Balaban J connectivity index is 1.67. The Hall–Kier alpha value is -1.43. The standard InChI is InChI=1S/C34H54O6/c1-20(35)39-24-12-13-31(8)22(29(24,5)6)11-14-32(9)26(31)25(40-21(2)36)27(37)34(38)23-19-28(3,4)15-16-30(23,7)17-18-33(32,34)10/h22-26,38H,11-19H2,1-10H3/t22-,23+,24-,25-,26+,30+,31-,32+,33-,34+/m0/s1. The van der Waals surface area contributed by atoms with Gasteiger partial charge in [-0.15, -0.1) is 0 Å². The molecule has 5 saturated carbocycles. The number of ether oxygens (including phenoxy) is 2. The first-order valence-electron chi connectivity index (χ1n) is 15.8. The molecule has 0 heterocycles. The van der Waals surface area contributed by atoms with Gasteiger partial charge in [0.1, 0.15) is 11.7 Å². The molecule has 0 aromatic heterocycles. The van der Waals surface area contributed by atoms with Crippen molar-refractivity contribution in [1.29, 1.82) is 0 Å². The Kier molecular flexibility index (Phi) is 6.61. The Morgan fingerprint density at radius 3 is 1.98 bits per heavy atom. The second-order valence-electron chi connectivity index (χ2n) is 17.0. The SMILES string of the molecule is CC(=O)O[C@@H]1C(=O)[C@]2(O)[C@@H]3CC(C)(C)CC[C@]3(C)CC[C@@]2(C)[C@]2(C)CC[C@H]3C(C)(C)[C@@H](OC(C)=O)CC[C@]3(C)[C@@H]12. The Labute approximate surface area is 241 Å². The first-order chi connectivity index (χ1) is 18.2. The smallest absolute Gasteiger partial charge is 0.303 e. The average molecular weight is 559 g/mol. The summed E-state index contributed by atoms with van der Waals surface area (Å²) in [5.41, 5.74) is -3.30. The molecular formula is C34H54O6. The van der Waals surface area contributed by atoms with Crippen molar-refractivity contribution in [1.82, 2.24) is 0 Å². The van der Waals surface area contributed by atoms with Gasteiger partial charge in [-0.1, -0.05) is 55.4 Å². The second kappa shape index (κ2) is 8.80. The van der Waals surface area contributed by atoms with Gasteiger partial charge in [-0.25, -0.2) is 0 Å². The summed E-state index contributed by atoms with van der Waals surface area (Å²) in [5.74, 6) is -1.20. The molecule has 226 valence electrons. The summed E-state index contributed by atoms with van der Waals surface area (Å²) in [6.07, 6.45) is 6.77. The maximum absolute atomic E-state index is 15.0. The highest BCUT2D eigenvalue weighted by Crippen LogP contribution is 2.77. The van der Waals surface area contributed by atoms with Crippen molar-refractivity contribution < 1.29 is 29.0 Å². The Morgan fingerprint density at radius 2 is 1.38 bits per heavy atom. The predicted octanol–water partition coefficient (Wildman–Crippen LogP) is 6.66. The first kappa shape index (κ1) is 30.0. The summed E-state index contributed by atoms with van der Waals surface area (Å²) in [6.45, 7) is 20.9. The minimum atomic E-state index is -1.56. The number of hydrogen-bond acceptors (Lipinski definition) is 6. The quantitative estimate of drug-likeness (QED) is 0.382. The molecule has 0 radical (unpaired) electrons. The molecule has 1 N–H and O–H groups in total. The third-order valence-electron chi connectivity index (χ3n) is 14.1. The molecule has 5 aliphatic rings. The van der Waals surface area contributed by atoms with Crippen LogP contribution >= 0.6 is 0 Å². The minimum Gasteiger partial charge on any atom is -0.462 e. The van der Waals surface area contributed by atoms with Gasteiger partial charge in [0.25, 0.3) is 0 Å². The zero-order valence-electron chi connectivity index (χ0n) is 26.7. The van der Waals surface area contributed by atoms with E-state index in [2.05, 4.69) is 55.4 Å². The highest BCUT2D eigenvalue weighted by atomic mass is 16.6. The molecule has 0 unspecified atom stereocenters. The van der Waals surface area contributed by atoms with Crippen LogP contribution in [0.15, 0.2) is 0 Å². The molecule has 0 aliphatic heterocycles. The van der Waals surface area contributed by atoms with E-state index in [0.29, 0.717) is 6.42 Å². The molecule has 5 rings (SSSR count). The third-order valence-corrected chi connectivity index (χ3v) is 14.1. The molecule has 6 heteroatoms. The minimum absolute atomic E-state index is 0.0376. The van der Waals surface area contributed by atoms with Gasteiger partial charge in [-0.05, 0) is 85.4 Å². The van der Waals surface area contributed by atoms with Gasteiger partial charge < -0.3 is 14.6 Å². The van der Waals surface area contributed by atoms with Gasteiger partial charge in [0.15, 0.2) is 6.10 Å². The number of Topliss-reactive ketones (excluding diaryl/α,β-unsaturated/α-hetero) is 1. The van der Waals surface area contributed by atoms with Crippen molar-refractivity contribution in [3.05, 3.63) is 0 Å². The average Bonchev–Trinajstić information content (AvgIpc) is 2.82. The van der Waals surface area contributed by atoms with Crippen LogP contribution in [0.2, 0.25) is 0 Å². The summed E-state index contributed by atoms with van der Waals surface area (Å²) in [4.78, 5) is 39.7. The molecule has 0 amide bonds. The topological polar surface area (TPSA) is 89.9 Å². The van der Waals surface area contributed by atoms with Crippen LogP contribution in [-0.2, 0) is 23.9 Å². The van der Waals surface area contributed by atoms with Crippen molar-refractivity contribution in [2.45, 2.75) is 145 Å². The van der Waals surface area contributed by atoms with Crippen molar-refractivity contribution in [3.8, 4) is 0 Å². The van der Waals surface area contributed by atoms with Gasteiger partial charge >= 0.3 is 11.9 Å². The van der Waals surface area contributed by atoms with Crippen LogP contribution in [0.4, 0.5) is 0 Å². The van der Waals surface area contributed by atoms with E-state index in [0.717, 1.165) is 51.4 Å². The highest BCUT2D eigenvalue weighted by molar-refractivity contribution is 5.95. The largest absolute Gasteiger partial charge is 0.462 e. The lowest BCUT2D eigenvalue weighted by molar-refractivity contribution is -0.311. The monoisotopic (exact) mass is 558 g/mol. The molecular weight excluding hydrogens is 504 g/mol. The molecule has 0 aromatic carbocycles. The summed E-state index contributed by atoms with van der Waals surface area (Å²) in [7, 11) is 0. The van der Waals surface area contributed by atoms with E-state index < -0.39 is 28.5 Å². The fraction of sp³-hybridized carbons (Fsp3) is 0.912. The number of hydrogen-bond donors (Lipinski definition) is 1. The van der Waals surface area contributed by atoms with Crippen LogP contribution in [0, 0.1) is 50.2 Å². The third kappa shape index (κ3) is 3.72. The maximum Gasteiger partial charge on any atom is 0.303 e. The fourth-order valence-corrected chi connectivity index (χ4v) is 11.8. The summed E-state index contributed by atoms with van der Waals surface area (Å²) < 4.78 is 12.0. The zero-order chi connectivity index (χ0) is 29.9. The molecule has 0 bridgehead atoms. The van der Waals surface area contributed by atoms with Crippen LogP contribution < -0.4 is 0 Å². The summed E-state index contributed by atoms with van der Waals surface area (Å²) in [5, 5.41) is 13.1. The van der Waals surface area contributed by atoms with E-state index in [1.807, 2.05) is 0 Å². The van der Waals surface area contributed by atoms with Crippen molar-refractivity contribution in [2.75, 3.05) is 0 Å². The maximum atomic E-state index is 15.0. The van der Waals surface area contributed by atoms with E-state index in [1.54, 1.807) is 0 Å². The van der Waals surface area contributed by atoms with E-state index in [-0.39, 0.29) is 57.3 Å². The molecule has 6 nitrogen and oxygen atoms in total. The molecule has 10 atom stereocenters. The number of esters is 2. The molecule has 5 aliphatic carbocycles. The lowest BCUT2D eigenvalue weighted by atomic mass is 9.29. The second-order valence-corrected chi connectivity index (χ2v) is 17.0. The summed E-state index contributed by atoms with van der Waals surface area (Å²) in [6, 6.07) is 0. The highest BCUT2D eigenvalue weighted by Gasteiger charge is 2.80. The Bertz CT molecular complexity index is 1110. The number of carbonyl (C=O) groups is 3. The van der Waals surface area contributed by atoms with Gasteiger partial charge in [-0.2, -0.15) is 0 Å². The normalized spacial score (nSPS) is 50.9. The summed E-state index contributed by atoms with van der Waals surface area (Å²) >= 11 is 0. The number of carbonyl (C=O) groups excluding carboxylic acids is 3. The number of fused-ring (bicyclic) bond motifs is 7. The van der Waals surface area contributed by atoms with Crippen molar-refractivity contribution in [3.63, 3.8) is 0 Å². The van der Waals surface area contributed by atoms with Gasteiger partial charge in [0.2, 0.25) is 5.78 Å². The number of aliphatic hydroxyl groups is 1. The molecule has 40 heavy (non-hydrogen) atoms. The van der Waals surface area contributed by atoms with Crippen LogP contribution in [0.3, 0.4) is 0 Å². The zero-order valence-corrected chi connectivity index (χ0v) is 26.7. The van der Waals surface area contributed by atoms with Gasteiger partial charge in [0, 0.05) is 36.5 Å². The molecule has 0 spiro atoms. The Morgan fingerprint density at radius 1 is 0.775 bits per heavy atom. The fourth-order valence-electron chi connectivity index (χ4n) is 11.8. The van der Waals surface area contributed by atoms with Crippen LogP contribution in [-0.4, -0.2) is 40.6 Å². The lowest BCUT2D eigenvalue weighted by Crippen LogP contribution is -2.80. The lowest BCUT2D eigenvalue weighted by Gasteiger charge is -2.75. The first-order valence-corrected chi connectivity index (χ1v) is 15.8. The van der Waals surface area contributed by atoms with Crippen molar-refractivity contribution >= 4 is 17.7 Å². The van der Waals surface area contributed by atoms with Crippen molar-refractivity contribution in [2.24, 2.45) is 50.2 Å². The van der Waals surface area contributed by atoms with Crippen LogP contribution in [0.25, 0.3) is 0 Å². The van der Waals surface area contributed by atoms with Crippen LogP contribution in [0.5, 0.6) is 0 Å². The molecule has 5 fully saturated rings. The van der Waals surface area contributed by atoms with Crippen LogP contribution in [0.1, 0.15) is 127 Å². The van der Waals surface area contributed by atoms with E-state index in [1.165, 1.54) is 13.8 Å². The predicted molar refractivity (Wildman–Crippen MR) is 153 cm³/mol. The van der Waals surface area contributed by atoms with Gasteiger partial charge in [0.05, 0.1) is 0 Å². The molecule has 0 saturated heterocycles. The van der Waals surface area contributed by atoms with E-state index in [9.17, 15) is 14.7 Å². The van der Waals surface area contributed by atoms with Gasteiger partial charge in [-0.3, -0.25) is 14.4 Å².